The third kappa shape index (κ3) is 5.03. The van der Waals surface area contributed by atoms with E-state index in [9.17, 15) is 14.4 Å². The molecule has 1 aliphatic heterocycles. The molecule has 0 unspecified atom stereocenters. The Hall–Kier alpha value is -4.53. The number of fused-ring (bicyclic) bond motifs is 1. The molecule has 3 aromatic rings. The minimum atomic E-state index is -0.943. The van der Waals surface area contributed by atoms with Crippen molar-refractivity contribution in [2.24, 2.45) is 0 Å². The van der Waals surface area contributed by atoms with Crippen LogP contribution in [-0.2, 0) is 9.59 Å². The van der Waals surface area contributed by atoms with Gasteiger partial charge in [-0.1, -0.05) is 30.3 Å². The van der Waals surface area contributed by atoms with E-state index in [4.69, 9.17) is 14.2 Å². The van der Waals surface area contributed by atoms with Gasteiger partial charge in [-0.05, 0) is 24.3 Å². The lowest BCUT2D eigenvalue weighted by molar-refractivity contribution is -0.123. The van der Waals surface area contributed by atoms with E-state index in [1.807, 2.05) is 6.07 Å². The molecule has 0 fully saturated rings. The Morgan fingerprint density at radius 2 is 1.49 bits per heavy atom. The van der Waals surface area contributed by atoms with E-state index in [1.54, 1.807) is 60.7 Å². The molecule has 3 amide bonds. The van der Waals surface area contributed by atoms with Crippen molar-refractivity contribution in [2.75, 3.05) is 36.3 Å². The van der Waals surface area contributed by atoms with Gasteiger partial charge in [-0.2, -0.15) is 0 Å². The third-order valence-corrected chi connectivity index (χ3v) is 5.51. The monoisotopic (exact) mass is 475 g/mol. The number of nitrogens with one attached hydrogen (secondary N) is 2. The summed E-state index contributed by atoms with van der Waals surface area (Å²) in [5, 5.41) is 5.59. The van der Waals surface area contributed by atoms with Crippen molar-refractivity contribution < 1.29 is 28.6 Å². The average molecular weight is 476 g/mol. The molecule has 9 heteroatoms. The molecular weight excluding hydrogens is 450 g/mol. The SMILES string of the molecule is COc1cc(NC(=O)[C@@H]2CN(C(C)=O)c3ccccc3O2)c(OC)cc1NC(=O)c1ccccc1. The van der Waals surface area contributed by atoms with Gasteiger partial charge < -0.3 is 29.7 Å². The summed E-state index contributed by atoms with van der Waals surface area (Å²) in [6.45, 7) is 1.50. The molecule has 2 N–H and O–H groups in total. The molecule has 0 spiro atoms. The molecule has 1 aliphatic rings. The second-order valence-electron chi connectivity index (χ2n) is 7.77. The Morgan fingerprint density at radius 1 is 0.886 bits per heavy atom. The van der Waals surface area contributed by atoms with Crippen molar-refractivity contribution in [2.45, 2.75) is 13.0 Å². The van der Waals surface area contributed by atoms with Crippen LogP contribution in [0.25, 0.3) is 0 Å². The van der Waals surface area contributed by atoms with Crippen molar-refractivity contribution in [3.8, 4) is 17.2 Å². The van der Waals surface area contributed by atoms with Crippen LogP contribution < -0.4 is 29.7 Å². The fourth-order valence-corrected chi connectivity index (χ4v) is 3.76. The number of nitrogens with zero attached hydrogens (tertiary/aromatic N) is 1. The minimum absolute atomic E-state index is 0.0584. The van der Waals surface area contributed by atoms with Gasteiger partial charge >= 0.3 is 0 Å². The number of carbonyl (C=O) groups is 3. The topological polar surface area (TPSA) is 106 Å². The van der Waals surface area contributed by atoms with Gasteiger partial charge in [0.1, 0.15) is 17.2 Å². The smallest absolute Gasteiger partial charge is 0.267 e. The highest BCUT2D eigenvalue weighted by atomic mass is 16.5. The van der Waals surface area contributed by atoms with E-state index in [-0.39, 0.29) is 18.4 Å². The predicted octanol–water partition coefficient (Wildman–Crippen LogP) is 3.71. The zero-order valence-corrected chi connectivity index (χ0v) is 19.5. The summed E-state index contributed by atoms with van der Waals surface area (Å²) < 4.78 is 16.8. The van der Waals surface area contributed by atoms with E-state index in [2.05, 4.69) is 10.6 Å². The van der Waals surface area contributed by atoms with Gasteiger partial charge in [-0.15, -0.1) is 0 Å². The number of hydrogen-bond donors (Lipinski definition) is 2. The molecule has 0 aromatic heterocycles. The van der Waals surface area contributed by atoms with Gasteiger partial charge in [-0.25, -0.2) is 0 Å². The highest BCUT2D eigenvalue weighted by Crippen LogP contribution is 2.38. The van der Waals surface area contributed by atoms with E-state index < -0.39 is 12.0 Å². The number of para-hydroxylation sites is 2. The molecular formula is C26H25N3O6. The lowest BCUT2D eigenvalue weighted by atomic mass is 10.1. The first-order valence-electron chi connectivity index (χ1n) is 10.9. The van der Waals surface area contributed by atoms with Crippen LogP contribution in [0, 0.1) is 0 Å². The van der Waals surface area contributed by atoms with Gasteiger partial charge in [0.05, 0.1) is 37.8 Å². The highest BCUT2D eigenvalue weighted by Gasteiger charge is 2.33. The molecule has 0 radical (unpaired) electrons. The molecule has 4 rings (SSSR count). The number of carbonyl (C=O) groups excluding carboxylic acids is 3. The summed E-state index contributed by atoms with van der Waals surface area (Å²) in [6.07, 6.45) is -0.943. The summed E-state index contributed by atoms with van der Waals surface area (Å²) >= 11 is 0. The number of methoxy groups -OCH3 is 2. The van der Waals surface area contributed by atoms with Crippen LogP contribution in [0.1, 0.15) is 17.3 Å². The van der Waals surface area contributed by atoms with Crippen molar-refractivity contribution >= 4 is 34.8 Å². The number of hydrogen-bond acceptors (Lipinski definition) is 6. The summed E-state index contributed by atoms with van der Waals surface area (Å²) in [6, 6.07) is 18.9. The summed E-state index contributed by atoms with van der Waals surface area (Å²) in [7, 11) is 2.91. The maximum atomic E-state index is 13.1. The lowest BCUT2D eigenvalue weighted by Crippen LogP contribution is -2.48. The lowest BCUT2D eigenvalue weighted by Gasteiger charge is -2.33. The maximum Gasteiger partial charge on any atom is 0.267 e. The molecule has 0 bridgehead atoms. The predicted molar refractivity (Wildman–Crippen MR) is 131 cm³/mol. The quantitative estimate of drug-likeness (QED) is 0.563. The number of ether oxygens (including phenoxy) is 3. The number of rotatable bonds is 6. The Kier molecular flexibility index (Phi) is 6.86. The number of benzene rings is 3. The molecule has 3 aromatic carbocycles. The Balaban J connectivity index is 1.56. The largest absolute Gasteiger partial charge is 0.494 e. The van der Waals surface area contributed by atoms with Crippen molar-refractivity contribution in [3.05, 3.63) is 72.3 Å². The van der Waals surface area contributed by atoms with E-state index in [0.717, 1.165) is 0 Å². The van der Waals surface area contributed by atoms with Crippen LogP contribution in [-0.4, -0.2) is 44.6 Å². The normalized spacial score (nSPS) is 14.3. The first-order valence-corrected chi connectivity index (χ1v) is 10.9. The summed E-state index contributed by atoms with van der Waals surface area (Å²) in [4.78, 5) is 39.4. The van der Waals surface area contributed by atoms with Crippen LogP contribution in [0.5, 0.6) is 17.2 Å². The van der Waals surface area contributed by atoms with Crippen LogP contribution in [0.2, 0.25) is 0 Å². The Bertz CT molecular complexity index is 1260. The van der Waals surface area contributed by atoms with Gasteiger partial charge in [-0.3, -0.25) is 14.4 Å². The molecule has 180 valence electrons. The zero-order valence-electron chi connectivity index (χ0n) is 19.5. The first-order chi connectivity index (χ1) is 16.9. The summed E-state index contributed by atoms with van der Waals surface area (Å²) in [5.41, 5.74) is 1.79. The van der Waals surface area contributed by atoms with Gasteiger partial charge in [0.25, 0.3) is 11.8 Å². The molecule has 0 saturated carbocycles. The van der Waals surface area contributed by atoms with Crippen molar-refractivity contribution in [3.63, 3.8) is 0 Å². The minimum Gasteiger partial charge on any atom is -0.494 e. The first kappa shape index (κ1) is 23.6. The maximum absolute atomic E-state index is 13.1. The van der Waals surface area contributed by atoms with Gasteiger partial charge in [0.2, 0.25) is 5.91 Å². The average Bonchev–Trinajstić information content (AvgIpc) is 2.88. The van der Waals surface area contributed by atoms with Crippen molar-refractivity contribution in [1.82, 2.24) is 0 Å². The number of amides is 3. The molecule has 35 heavy (non-hydrogen) atoms. The fraction of sp³-hybridized carbons (Fsp3) is 0.192. The molecule has 1 atom stereocenters. The van der Waals surface area contributed by atoms with Gasteiger partial charge in [0, 0.05) is 24.6 Å². The van der Waals surface area contributed by atoms with Crippen LogP contribution >= 0.6 is 0 Å². The second-order valence-corrected chi connectivity index (χ2v) is 7.77. The van der Waals surface area contributed by atoms with Crippen LogP contribution in [0.4, 0.5) is 17.1 Å². The Labute approximate surface area is 202 Å². The van der Waals surface area contributed by atoms with Crippen LogP contribution in [0.3, 0.4) is 0 Å². The van der Waals surface area contributed by atoms with E-state index >= 15 is 0 Å². The second kappa shape index (κ2) is 10.2. The zero-order chi connectivity index (χ0) is 24.9. The van der Waals surface area contributed by atoms with Crippen LogP contribution in [0.15, 0.2) is 66.7 Å². The molecule has 9 nitrogen and oxygen atoms in total. The van der Waals surface area contributed by atoms with E-state index in [1.165, 1.54) is 26.0 Å². The standard InChI is InChI=1S/C26H25N3O6/c1-16(30)29-15-24(35-21-12-8-7-11-20(21)29)26(32)28-19-14-22(33-2)18(13-23(19)34-3)27-25(31)17-9-5-4-6-10-17/h4-14,24H,15H2,1-3H3,(H,27,31)(H,28,32)/t24-/m0/s1. The van der Waals surface area contributed by atoms with E-state index in [0.29, 0.717) is 39.9 Å². The number of anilines is 3. The van der Waals surface area contributed by atoms with Gasteiger partial charge in [0.15, 0.2) is 6.10 Å². The molecule has 0 saturated heterocycles. The van der Waals surface area contributed by atoms with Crippen molar-refractivity contribution in [1.29, 1.82) is 0 Å². The highest BCUT2D eigenvalue weighted by molar-refractivity contribution is 6.06. The molecule has 0 aliphatic carbocycles. The Morgan fingerprint density at radius 3 is 2.11 bits per heavy atom. The third-order valence-electron chi connectivity index (χ3n) is 5.51. The molecule has 1 heterocycles. The fourth-order valence-electron chi connectivity index (χ4n) is 3.76. The summed E-state index contributed by atoms with van der Waals surface area (Å²) in [5.74, 6) is 0.0928.